The lowest BCUT2D eigenvalue weighted by Gasteiger charge is -2.10. The third-order valence-electron chi connectivity index (χ3n) is 2.79. The lowest BCUT2D eigenvalue weighted by molar-refractivity contribution is 0.0677. The van der Waals surface area contributed by atoms with Gasteiger partial charge < -0.3 is 35.4 Å². The maximum absolute atomic E-state index is 11.9. The minimum Gasteiger partial charge on any atom is -0.508 e. The Morgan fingerprint density at radius 3 is 1.91 bits per heavy atom. The van der Waals surface area contributed by atoms with Gasteiger partial charge in [-0.1, -0.05) is 0 Å². The maximum atomic E-state index is 11.9. The molecule has 0 aliphatic heterocycles. The van der Waals surface area contributed by atoms with Gasteiger partial charge in [0.05, 0.1) is 5.56 Å². The van der Waals surface area contributed by atoms with Crippen molar-refractivity contribution in [1.82, 2.24) is 0 Å². The Labute approximate surface area is 127 Å². The number of benzene rings is 2. The molecule has 0 bridgehead atoms. The van der Waals surface area contributed by atoms with Gasteiger partial charge in [-0.15, -0.1) is 0 Å². The van der Waals surface area contributed by atoms with Gasteiger partial charge in [0.1, 0.15) is 17.1 Å². The molecule has 0 saturated carbocycles. The van der Waals surface area contributed by atoms with E-state index in [0.717, 1.165) is 24.3 Å². The Balaban J connectivity index is 2.43. The molecule has 0 amide bonds. The second-order valence-corrected chi connectivity index (χ2v) is 4.40. The molecule has 6 N–H and O–H groups in total. The van der Waals surface area contributed by atoms with Crippen LogP contribution in [-0.2, 0) is 0 Å². The average molecular weight is 322 g/mol. The van der Waals surface area contributed by atoms with Crippen molar-refractivity contribution < 1.29 is 45.0 Å². The van der Waals surface area contributed by atoms with Gasteiger partial charge >= 0.3 is 11.9 Å². The molecule has 2 rings (SSSR count). The summed E-state index contributed by atoms with van der Waals surface area (Å²) in [6, 6.07) is 3.10. The Kier molecular flexibility index (Phi) is 3.86. The number of ether oxygens (including phenoxy) is 1. The van der Waals surface area contributed by atoms with Gasteiger partial charge in [-0.3, -0.25) is 0 Å². The smallest absolute Gasteiger partial charge is 0.343 e. The van der Waals surface area contributed by atoms with Crippen molar-refractivity contribution >= 4 is 11.9 Å². The fourth-order valence-corrected chi connectivity index (χ4v) is 1.76. The summed E-state index contributed by atoms with van der Waals surface area (Å²) in [4.78, 5) is 23.0. The number of carboxylic acids is 1. The molecule has 0 spiro atoms. The number of hydrogen-bond acceptors (Lipinski definition) is 8. The number of aromatic hydroxyl groups is 5. The molecule has 9 nitrogen and oxygen atoms in total. The highest BCUT2D eigenvalue weighted by Gasteiger charge is 2.22. The summed E-state index contributed by atoms with van der Waals surface area (Å²) in [5.74, 6) is -7.27. The molecule has 9 heteroatoms. The number of phenolic OH excluding ortho intramolecular Hbond substituents is 4. The molecule has 0 fully saturated rings. The largest absolute Gasteiger partial charge is 0.508 e. The second-order valence-electron chi connectivity index (χ2n) is 4.40. The summed E-state index contributed by atoms with van der Waals surface area (Å²) >= 11 is 0. The van der Waals surface area contributed by atoms with E-state index in [1.165, 1.54) is 0 Å². The molecule has 0 aliphatic carbocycles. The number of carbonyl (C=O) groups is 2. The highest BCUT2D eigenvalue weighted by atomic mass is 16.5. The Hall–Kier alpha value is -3.62. The number of hydrogen-bond donors (Lipinski definition) is 6. The highest BCUT2D eigenvalue weighted by molar-refractivity contribution is 5.98. The van der Waals surface area contributed by atoms with Crippen LogP contribution in [0.3, 0.4) is 0 Å². The fourth-order valence-electron chi connectivity index (χ4n) is 1.76. The normalized spacial score (nSPS) is 10.3. The first-order valence-corrected chi connectivity index (χ1v) is 5.97. The Morgan fingerprint density at radius 2 is 1.39 bits per heavy atom. The van der Waals surface area contributed by atoms with Crippen LogP contribution in [0.1, 0.15) is 20.7 Å². The summed E-state index contributed by atoms with van der Waals surface area (Å²) in [5.41, 5.74) is -1.17. The first-order chi connectivity index (χ1) is 10.7. The Bertz CT molecular complexity index is 787. The summed E-state index contributed by atoms with van der Waals surface area (Å²) < 4.78 is 4.76. The standard InChI is InChI=1S/C14H10O9/c15-6-3-7(16)11(13(20)21)10(4-6)23-14(22)5-1-8(17)12(19)9(18)2-5/h1-4,15-19H,(H,20,21). The fraction of sp³-hybridized carbons (Fsp3) is 0. The van der Waals surface area contributed by atoms with E-state index in [2.05, 4.69) is 0 Å². The molecule has 0 saturated heterocycles. The number of esters is 1. The predicted molar refractivity (Wildman–Crippen MR) is 73.1 cm³/mol. The summed E-state index contributed by atoms with van der Waals surface area (Å²) in [7, 11) is 0. The number of phenols is 5. The van der Waals surface area contributed by atoms with Gasteiger partial charge in [-0.05, 0) is 12.1 Å². The molecule has 0 aromatic heterocycles. The van der Waals surface area contributed by atoms with E-state index in [1.807, 2.05) is 0 Å². The monoisotopic (exact) mass is 322 g/mol. The van der Waals surface area contributed by atoms with Crippen LogP contribution in [0.5, 0.6) is 34.5 Å². The lowest BCUT2D eigenvalue weighted by Crippen LogP contribution is -2.11. The number of carbonyl (C=O) groups excluding carboxylic acids is 1. The van der Waals surface area contributed by atoms with Crippen molar-refractivity contribution in [2.24, 2.45) is 0 Å². The molecular formula is C14H10O9. The summed E-state index contributed by atoms with van der Waals surface area (Å²) in [6.45, 7) is 0. The van der Waals surface area contributed by atoms with Crippen LogP contribution < -0.4 is 4.74 Å². The predicted octanol–water partition coefficient (Wildman–Crippen LogP) is 1.13. The summed E-state index contributed by atoms with van der Waals surface area (Å²) in [5, 5.41) is 55.7. The van der Waals surface area contributed by atoms with Crippen molar-refractivity contribution in [2.75, 3.05) is 0 Å². The van der Waals surface area contributed by atoms with Gasteiger partial charge in [-0.2, -0.15) is 0 Å². The minimum atomic E-state index is -1.61. The van der Waals surface area contributed by atoms with Crippen molar-refractivity contribution in [3.63, 3.8) is 0 Å². The van der Waals surface area contributed by atoms with Crippen LogP contribution >= 0.6 is 0 Å². The third kappa shape index (κ3) is 3.02. The van der Waals surface area contributed by atoms with Crippen molar-refractivity contribution in [3.8, 4) is 34.5 Å². The summed E-state index contributed by atoms with van der Waals surface area (Å²) in [6.07, 6.45) is 0. The van der Waals surface area contributed by atoms with Crippen molar-refractivity contribution in [3.05, 3.63) is 35.4 Å². The molecule has 0 aliphatic rings. The molecule has 23 heavy (non-hydrogen) atoms. The van der Waals surface area contributed by atoms with E-state index in [4.69, 9.17) is 9.84 Å². The van der Waals surface area contributed by atoms with Crippen LogP contribution in [-0.4, -0.2) is 42.6 Å². The maximum Gasteiger partial charge on any atom is 0.343 e. The van der Waals surface area contributed by atoms with E-state index >= 15 is 0 Å². The zero-order chi connectivity index (χ0) is 17.3. The Morgan fingerprint density at radius 1 is 0.826 bits per heavy atom. The molecule has 120 valence electrons. The van der Waals surface area contributed by atoms with Gasteiger partial charge in [0.25, 0.3) is 0 Å². The topological polar surface area (TPSA) is 165 Å². The van der Waals surface area contributed by atoms with Crippen LogP contribution in [0.2, 0.25) is 0 Å². The van der Waals surface area contributed by atoms with E-state index in [1.54, 1.807) is 0 Å². The quantitative estimate of drug-likeness (QED) is 0.276. The van der Waals surface area contributed by atoms with Gasteiger partial charge in [0, 0.05) is 12.1 Å². The number of aromatic carboxylic acids is 1. The van der Waals surface area contributed by atoms with E-state index < -0.39 is 57.6 Å². The first kappa shape index (κ1) is 15.8. The molecular weight excluding hydrogens is 312 g/mol. The van der Waals surface area contributed by atoms with E-state index in [-0.39, 0.29) is 0 Å². The average Bonchev–Trinajstić information content (AvgIpc) is 2.42. The molecule has 2 aromatic rings. The zero-order valence-electron chi connectivity index (χ0n) is 11.2. The van der Waals surface area contributed by atoms with Crippen LogP contribution in [0, 0.1) is 0 Å². The van der Waals surface area contributed by atoms with Gasteiger partial charge in [0.2, 0.25) is 0 Å². The number of carboxylic acid groups (broad SMARTS) is 1. The van der Waals surface area contributed by atoms with Crippen LogP contribution in [0.25, 0.3) is 0 Å². The first-order valence-electron chi connectivity index (χ1n) is 5.97. The minimum absolute atomic E-state index is 0.406. The van der Waals surface area contributed by atoms with Crippen molar-refractivity contribution in [2.45, 2.75) is 0 Å². The third-order valence-corrected chi connectivity index (χ3v) is 2.79. The van der Waals surface area contributed by atoms with Crippen LogP contribution in [0.4, 0.5) is 0 Å². The molecule has 0 radical (unpaired) electrons. The van der Waals surface area contributed by atoms with E-state index in [0.29, 0.717) is 0 Å². The van der Waals surface area contributed by atoms with Crippen LogP contribution in [0.15, 0.2) is 24.3 Å². The zero-order valence-corrected chi connectivity index (χ0v) is 11.2. The van der Waals surface area contributed by atoms with E-state index in [9.17, 15) is 35.1 Å². The second kappa shape index (κ2) is 5.64. The molecule has 2 aromatic carbocycles. The number of rotatable bonds is 3. The lowest BCUT2D eigenvalue weighted by atomic mass is 10.1. The molecule has 0 unspecified atom stereocenters. The molecule has 0 atom stereocenters. The van der Waals surface area contributed by atoms with Gasteiger partial charge in [0.15, 0.2) is 23.0 Å². The highest BCUT2D eigenvalue weighted by Crippen LogP contribution is 2.37. The van der Waals surface area contributed by atoms with Gasteiger partial charge in [-0.25, -0.2) is 9.59 Å². The van der Waals surface area contributed by atoms with Crippen molar-refractivity contribution in [1.29, 1.82) is 0 Å². The SMILES string of the molecule is O=C(Oc1cc(O)cc(O)c1C(=O)O)c1cc(O)c(O)c(O)c1. The molecule has 0 heterocycles.